The maximum atomic E-state index is 14.2. The first kappa shape index (κ1) is 49.1. The van der Waals surface area contributed by atoms with E-state index in [0.29, 0.717) is 66.8 Å². The maximum Gasteiger partial charge on any atom is 0.343 e. The molecule has 0 unspecified atom stereocenters. The van der Waals surface area contributed by atoms with Crippen molar-refractivity contribution in [1.82, 2.24) is 0 Å². The lowest BCUT2D eigenvalue weighted by molar-refractivity contribution is -0.135. The second-order valence-corrected chi connectivity index (χ2v) is 17.2. The van der Waals surface area contributed by atoms with Crippen LogP contribution < -0.4 is 18.9 Å². The summed E-state index contributed by atoms with van der Waals surface area (Å²) in [6, 6.07) is 36.7. The Balaban J connectivity index is 1.60. The third-order valence-electron chi connectivity index (χ3n) is 11.8. The zero-order valence-corrected chi connectivity index (χ0v) is 39.4. The van der Waals surface area contributed by atoms with Gasteiger partial charge in [0.25, 0.3) is 0 Å². The topological polar surface area (TPSA) is 200 Å². The molecule has 0 atom stereocenters. The Hall–Kier alpha value is -8.84. The van der Waals surface area contributed by atoms with Gasteiger partial charge in [-0.05, 0) is 60.4 Å². The third-order valence-corrected chi connectivity index (χ3v) is 11.8. The first-order valence-corrected chi connectivity index (χ1v) is 22.9. The number of hydrogen-bond donors (Lipinski definition) is 0. The number of ether oxygens (including phenoxy) is 4. The lowest BCUT2D eigenvalue weighted by Crippen LogP contribution is -2.16. The number of carbonyl (C=O) groups excluding carboxylic acids is 4. The summed E-state index contributed by atoms with van der Waals surface area (Å²) in [5, 5.41) is 40.3. The predicted octanol–water partition coefficient (Wildman–Crippen LogP) is 10.3. The Kier molecular flexibility index (Phi) is 15.6. The molecule has 12 nitrogen and oxygen atoms in total. The van der Waals surface area contributed by atoms with Crippen molar-refractivity contribution in [3.63, 3.8) is 0 Å². The van der Waals surface area contributed by atoms with Crippen molar-refractivity contribution < 1.29 is 38.1 Å². The van der Waals surface area contributed by atoms with Gasteiger partial charge in [0.15, 0.2) is 0 Å². The number of benzene rings is 6. The summed E-state index contributed by atoms with van der Waals surface area (Å²) >= 11 is 0. The van der Waals surface area contributed by atoms with Gasteiger partial charge in [-0.2, -0.15) is 21.0 Å². The largest absolute Gasteiger partial charge is 0.426 e. The Morgan fingerprint density at radius 1 is 0.400 bits per heavy atom. The smallest absolute Gasteiger partial charge is 0.343 e. The van der Waals surface area contributed by atoms with Gasteiger partial charge in [0.1, 0.15) is 23.0 Å². The van der Waals surface area contributed by atoms with Crippen molar-refractivity contribution in [2.75, 3.05) is 0 Å². The molecule has 348 valence electrons. The monoisotopic (exact) mass is 928 g/mol. The minimum absolute atomic E-state index is 0.0116. The van der Waals surface area contributed by atoms with E-state index in [1.165, 1.54) is 0 Å². The van der Waals surface area contributed by atoms with Crippen LogP contribution in [-0.2, 0) is 61.0 Å². The third kappa shape index (κ3) is 11.6. The number of nitriles is 4. The van der Waals surface area contributed by atoms with Crippen LogP contribution in [0.4, 0.5) is 0 Å². The molecule has 0 amide bonds. The highest BCUT2D eigenvalue weighted by molar-refractivity contribution is 5.92. The molecular formula is C58H48N4O8. The van der Waals surface area contributed by atoms with Crippen molar-refractivity contribution in [1.29, 1.82) is 21.0 Å². The van der Waals surface area contributed by atoms with Crippen LogP contribution in [0.3, 0.4) is 0 Å². The molecule has 8 bridgehead atoms. The summed E-state index contributed by atoms with van der Waals surface area (Å²) in [5.74, 6) is -1.80. The lowest BCUT2D eigenvalue weighted by Gasteiger charge is -2.23. The Morgan fingerprint density at radius 3 is 0.843 bits per heavy atom. The molecule has 1 aliphatic carbocycles. The number of fused-ring (bicyclic) bond motifs is 8. The Labute approximate surface area is 406 Å². The molecule has 0 heterocycles. The molecule has 0 saturated heterocycles. The van der Waals surface area contributed by atoms with Crippen molar-refractivity contribution >= 4 is 23.9 Å². The van der Waals surface area contributed by atoms with Crippen LogP contribution in [-0.4, -0.2) is 23.9 Å². The molecule has 6 aromatic rings. The number of carbonyl (C=O) groups is 4. The number of aryl methyl sites for hydroxylation is 2. The number of esters is 4. The summed E-state index contributed by atoms with van der Waals surface area (Å²) < 4.78 is 25.3. The average Bonchev–Trinajstić information content (AvgIpc) is 3.33. The summed E-state index contributed by atoms with van der Waals surface area (Å²) in [6.07, 6.45) is -0.260. The number of nitrogens with zero attached hydrogens (tertiary/aromatic N) is 4. The van der Waals surface area contributed by atoms with Crippen LogP contribution in [0, 0.1) is 59.2 Å². The molecule has 12 heteroatoms. The van der Waals surface area contributed by atoms with Crippen LogP contribution in [0.1, 0.15) is 125 Å². The zero-order valence-electron chi connectivity index (χ0n) is 39.4. The lowest BCUT2D eigenvalue weighted by atomic mass is 9.87. The summed E-state index contributed by atoms with van der Waals surface area (Å²) in [4.78, 5) is 55.4. The van der Waals surface area contributed by atoms with Crippen LogP contribution in [0.2, 0.25) is 0 Å². The quantitative estimate of drug-likeness (QED) is 0.0830. The van der Waals surface area contributed by atoms with Crippen LogP contribution >= 0.6 is 0 Å². The zero-order chi connectivity index (χ0) is 49.9. The SMILES string of the molecule is CCC(=O)Oc1c2cc(CC#N)cc1Cc1cc(CC#N)cc(c1OC(=O)c1ccc(C)cc1)Cc1cc(CC#N)cc(c1OC(=O)CC)Cc1cc(CC#N)cc(c1OC(=O)c1ccc(C)cc1)C2. The van der Waals surface area contributed by atoms with E-state index in [9.17, 15) is 40.2 Å². The van der Waals surface area contributed by atoms with Gasteiger partial charge in [-0.1, -0.05) is 97.8 Å². The van der Waals surface area contributed by atoms with Crippen molar-refractivity contribution in [3.8, 4) is 47.3 Å². The van der Waals surface area contributed by atoms with Gasteiger partial charge in [-0.15, -0.1) is 0 Å². The van der Waals surface area contributed by atoms with Crippen LogP contribution in [0.25, 0.3) is 0 Å². The molecule has 7 rings (SSSR count). The first-order valence-electron chi connectivity index (χ1n) is 22.9. The Morgan fingerprint density at radius 2 is 0.629 bits per heavy atom. The van der Waals surface area contributed by atoms with Gasteiger partial charge in [-0.25, -0.2) is 9.59 Å². The highest BCUT2D eigenvalue weighted by Crippen LogP contribution is 2.42. The van der Waals surface area contributed by atoms with Crippen molar-refractivity contribution in [3.05, 3.63) is 186 Å². The fraction of sp³-hybridized carbons (Fsp3) is 0.241. The molecule has 0 aliphatic heterocycles. The molecule has 0 fully saturated rings. The van der Waals surface area contributed by atoms with E-state index < -0.39 is 23.9 Å². The predicted molar refractivity (Wildman–Crippen MR) is 258 cm³/mol. The average molecular weight is 929 g/mol. The molecule has 1 aliphatic rings. The Bertz CT molecular complexity index is 2900. The fourth-order valence-corrected chi connectivity index (χ4v) is 8.53. The summed E-state index contributed by atoms with van der Waals surface area (Å²) in [6.45, 7) is 7.11. The molecule has 0 saturated carbocycles. The fourth-order valence-electron chi connectivity index (χ4n) is 8.53. The van der Waals surface area contributed by atoms with E-state index in [4.69, 9.17) is 18.9 Å². The van der Waals surface area contributed by atoms with Gasteiger partial charge in [-0.3, -0.25) is 9.59 Å². The maximum absolute atomic E-state index is 14.2. The van der Waals surface area contributed by atoms with E-state index in [0.717, 1.165) is 11.1 Å². The molecule has 0 radical (unpaired) electrons. The minimum atomic E-state index is -0.669. The second-order valence-electron chi connectivity index (χ2n) is 17.2. The van der Waals surface area contributed by atoms with E-state index in [1.807, 2.05) is 13.8 Å². The van der Waals surface area contributed by atoms with Gasteiger partial charge in [0, 0.05) is 83.0 Å². The first-order chi connectivity index (χ1) is 33.8. The number of rotatable bonds is 12. The van der Waals surface area contributed by atoms with Crippen molar-refractivity contribution in [2.45, 2.75) is 91.9 Å². The molecule has 0 aromatic heterocycles. The highest BCUT2D eigenvalue weighted by atomic mass is 16.5. The van der Waals surface area contributed by atoms with E-state index >= 15 is 0 Å². The standard InChI is InChI=1S/C58H48N4O8/c1-5-51(63)67-53-43-23-37(15-19-59)24-44(53)32-48-28-40(18-22-62)30-50(56(48)70-58(66)42-13-9-36(4)10-14-42)34-46-26-38(16-20-60)25-45(54(46)68-52(64)6-2)33-49-29-39(17-21-61)27-47(31-43)55(49)69-57(65)41-11-7-35(3)8-12-41/h7-14,23-30H,5-6,15-18,31-34H2,1-4H3. The van der Waals surface area contributed by atoms with Gasteiger partial charge in [0.05, 0.1) is 61.1 Å². The minimum Gasteiger partial charge on any atom is -0.426 e. The van der Waals surface area contributed by atoms with E-state index in [-0.39, 0.29) is 98.3 Å². The molecular weight excluding hydrogens is 881 g/mol. The van der Waals surface area contributed by atoms with Crippen molar-refractivity contribution in [2.24, 2.45) is 0 Å². The molecule has 0 N–H and O–H groups in total. The van der Waals surface area contributed by atoms with E-state index in [1.54, 1.807) is 111 Å². The van der Waals surface area contributed by atoms with Gasteiger partial charge >= 0.3 is 23.9 Å². The van der Waals surface area contributed by atoms with E-state index in [2.05, 4.69) is 24.3 Å². The van der Waals surface area contributed by atoms with Crippen LogP contribution in [0.15, 0.2) is 97.1 Å². The molecule has 0 spiro atoms. The molecule has 70 heavy (non-hydrogen) atoms. The molecule has 6 aromatic carbocycles. The normalized spacial score (nSPS) is 11.4. The summed E-state index contributed by atoms with van der Waals surface area (Å²) in [7, 11) is 0. The van der Waals surface area contributed by atoms with Crippen LogP contribution in [0.5, 0.6) is 23.0 Å². The number of hydrogen-bond acceptors (Lipinski definition) is 12. The van der Waals surface area contributed by atoms with Gasteiger partial charge < -0.3 is 18.9 Å². The second kappa shape index (κ2) is 22.3. The van der Waals surface area contributed by atoms with Gasteiger partial charge in [0.2, 0.25) is 0 Å². The summed E-state index contributed by atoms with van der Waals surface area (Å²) in [5.41, 5.74) is 8.27. The highest BCUT2D eigenvalue weighted by Gasteiger charge is 2.28.